The van der Waals surface area contributed by atoms with Crippen molar-refractivity contribution in [3.05, 3.63) is 23.0 Å². The van der Waals surface area contributed by atoms with Crippen LogP contribution >= 0.6 is 11.6 Å². The van der Waals surface area contributed by atoms with Gasteiger partial charge in [-0.1, -0.05) is 18.5 Å². The highest BCUT2D eigenvalue weighted by Gasteiger charge is 2.31. The number of aryl methyl sites for hydroxylation is 1. The molecular formula is C14H19ClN2O4. The zero-order chi connectivity index (χ0) is 15.4. The van der Waals surface area contributed by atoms with Crippen molar-refractivity contribution in [2.45, 2.75) is 32.4 Å². The van der Waals surface area contributed by atoms with Crippen LogP contribution in [0.4, 0.5) is 0 Å². The van der Waals surface area contributed by atoms with Gasteiger partial charge in [0.2, 0.25) is 0 Å². The average Bonchev–Trinajstić information content (AvgIpc) is 2.79. The van der Waals surface area contributed by atoms with Crippen molar-refractivity contribution in [1.29, 1.82) is 0 Å². The highest BCUT2D eigenvalue weighted by molar-refractivity contribution is 6.31. The summed E-state index contributed by atoms with van der Waals surface area (Å²) in [7, 11) is 0. The number of hydrogen-bond donors (Lipinski definition) is 1. The van der Waals surface area contributed by atoms with E-state index in [1.165, 1.54) is 0 Å². The standard InChI is InChI=1S/C14H19ClN2O4/c1-2-3-16-8-10(15)6-12(16)14(20)17-4-5-21-9-11(17)7-13(18)19/h6,8,11H,2-5,7,9H2,1H3,(H,18,19). The molecule has 1 aromatic heterocycles. The summed E-state index contributed by atoms with van der Waals surface area (Å²) in [5.41, 5.74) is 0.499. The second-order valence-electron chi connectivity index (χ2n) is 5.06. The molecule has 6 nitrogen and oxygen atoms in total. The molecule has 2 heterocycles. The van der Waals surface area contributed by atoms with Crippen LogP contribution in [0.15, 0.2) is 12.3 Å². The Labute approximate surface area is 128 Å². The molecule has 2 rings (SSSR count). The molecule has 21 heavy (non-hydrogen) atoms. The fourth-order valence-electron chi connectivity index (χ4n) is 2.52. The van der Waals surface area contributed by atoms with Gasteiger partial charge in [-0.05, 0) is 12.5 Å². The third-order valence-corrected chi connectivity index (χ3v) is 3.65. The number of morpholine rings is 1. The summed E-state index contributed by atoms with van der Waals surface area (Å²) in [4.78, 5) is 25.2. The van der Waals surface area contributed by atoms with E-state index in [4.69, 9.17) is 21.4 Å². The van der Waals surface area contributed by atoms with Gasteiger partial charge in [-0.15, -0.1) is 0 Å². The predicted molar refractivity (Wildman–Crippen MR) is 77.6 cm³/mol. The molecule has 1 aromatic rings. The fourth-order valence-corrected chi connectivity index (χ4v) is 2.74. The van der Waals surface area contributed by atoms with Crippen LogP contribution in [0.25, 0.3) is 0 Å². The maximum absolute atomic E-state index is 12.7. The van der Waals surface area contributed by atoms with Gasteiger partial charge in [-0.3, -0.25) is 9.59 Å². The molecule has 0 bridgehead atoms. The average molecular weight is 315 g/mol. The first-order valence-electron chi connectivity index (χ1n) is 6.99. The number of aromatic nitrogens is 1. The Kier molecular flexibility index (Phi) is 5.25. The molecule has 1 fully saturated rings. The lowest BCUT2D eigenvalue weighted by atomic mass is 10.1. The third kappa shape index (κ3) is 3.77. The lowest BCUT2D eigenvalue weighted by Crippen LogP contribution is -2.50. The van der Waals surface area contributed by atoms with Crippen molar-refractivity contribution < 1.29 is 19.4 Å². The van der Waals surface area contributed by atoms with Gasteiger partial charge in [0.1, 0.15) is 5.69 Å². The number of nitrogens with zero attached hydrogens (tertiary/aromatic N) is 2. The first kappa shape index (κ1) is 15.9. The van der Waals surface area contributed by atoms with E-state index in [-0.39, 0.29) is 18.9 Å². The molecule has 116 valence electrons. The Morgan fingerprint density at radius 2 is 2.29 bits per heavy atom. The SMILES string of the molecule is CCCn1cc(Cl)cc1C(=O)N1CCOCC1CC(=O)O. The van der Waals surface area contributed by atoms with Crippen LogP contribution in [0, 0.1) is 0 Å². The summed E-state index contributed by atoms with van der Waals surface area (Å²) in [6.45, 7) is 3.78. The molecule has 0 aromatic carbocycles. The topological polar surface area (TPSA) is 71.8 Å². The number of hydrogen-bond acceptors (Lipinski definition) is 3. The van der Waals surface area contributed by atoms with Crippen LogP contribution in [-0.4, -0.2) is 52.3 Å². The minimum atomic E-state index is -0.940. The van der Waals surface area contributed by atoms with E-state index < -0.39 is 12.0 Å². The maximum Gasteiger partial charge on any atom is 0.305 e. The summed E-state index contributed by atoms with van der Waals surface area (Å²) < 4.78 is 7.11. The van der Waals surface area contributed by atoms with Crippen LogP contribution in [0.2, 0.25) is 5.02 Å². The monoisotopic (exact) mass is 314 g/mol. The van der Waals surface area contributed by atoms with Gasteiger partial charge in [-0.2, -0.15) is 0 Å². The lowest BCUT2D eigenvalue weighted by Gasteiger charge is -2.35. The van der Waals surface area contributed by atoms with Gasteiger partial charge >= 0.3 is 5.97 Å². The Hall–Kier alpha value is -1.53. The van der Waals surface area contributed by atoms with Crippen LogP contribution in [-0.2, 0) is 16.1 Å². The highest BCUT2D eigenvalue weighted by Crippen LogP contribution is 2.20. The number of carboxylic acid groups (broad SMARTS) is 1. The third-order valence-electron chi connectivity index (χ3n) is 3.45. The van der Waals surface area contributed by atoms with Crippen molar-refractivity contribution in [3.63, 3.8) is 0 Å². The number of carbonyl (C=O) groups excluding carboxylic acids is 1. The molecule has 7 heteroatoms. The molecule has 0 radical (unpaired) electrons. The summed E-state index contributed by atoms with van der Waals surface area (Å²) in [5.74, 6) is -1.13. The molecule has 1 N–H and O–H groups in total. The number of carbonyl (C=O) groups is 2. The summed E-state index contributed by atoms with van der Waals surface area (Å²) in [5, 5.41) is 9.47. The van der Waals surface area contributed by atoms with Gasteiger partial charge in [0, 0.05) is 19.3 Å². The van der Waals surface area contributed by atoms with Gasteiger partial charge < -0.3 is 19.3 Å². The van der Waals surface area contributed by atoms with E-state index in [0.29, 0.717) is 30.4 Å². The Morgan fingerprint density at radius 1 is 1.52 bits per heavy atom. The van der Waals surface area contributed by atoms with Crippen LogP contribution in [0.5, 0.6) is 0 Å². The molecule has 1 atom stereocenters. The Morgan fingerprint density at radius 3 is 2.95 bits per heavy atom. The highest BCUT2D eigenvalue weighted by atomic mass is 35.5. The number of aliphatic carboxylic acids is 1. The molecule has 1 saturated heterocycles. The molecule has 1 amide bonds. The lowest BCUT2D eigenvalue weighted by molar-refractivity contribution is -0.139. The van der Waals surface area contributed by atoms with Gasteiger partial charge in [0.25, 0.3) is 5.91 Å². The van der Waals surface area contributed by atoms with Gasteiger partial charge in [0.05, 0.1) is 30.7 Å². The van der Waals surface area contributed by atoms with Gasteiger partial charge in [-0.25, -0.2) is 0 Å². The first-order chi connectivity index (χ1) is 10.0. The molecular weight excluding hydrogens is 296 g/mol. The molecule has 1 aliphatic heterocycles. The second kappa shape index (κ2) is 6.95. The normalized spacial score (nSPS) is 18.8. The quantitative estimate of drug-likeness (QED) is 0.900. The van der Waals surface area contributed by atoms with Crippen molar-refractivity contribution in [2.75, 3.05) is 19.8 Å². The van der Waals surface area contributed by atoms with Crippen LogP contribution in [0.3, 0.4) is 0 Å². The fraction of sp³-hybridized carbons (Fsp3) is 0.571. The minimum Gasteiger partial charge on any atom is -0.481 e. The van der Waals surface area contributed by atoms with E-state index in [9.17, 15) is 9.59 Å². The minimum absolute atomic E-state index is 0.117. The molecule has 1 unspecified atom stereocenters. The largest absolute Gasteiger partial charge is 0.481 e. The van der Waals surface area contributed by atoms with Gasteiger partial charge in [0.15, 0.2) is 0 Å². The van der Waals surface area contributed by atoms with E-state index >= 15 is 0 Å². The second-order valence-corrected chi connectivity index (χ2v) is 5.50. The van der Waals surface area contributed by atoms with Crippen molar-refractivity contribution in [3.8, 4) is 0 Å². The predicted octanol–water partition coefficient (Wildman–Crippen LogP) is 1.87. The molecule has 1 aliphatic rings. The number of ether oxygens (including phenoxy) is 1. The van der Waals surface area contributed by atoms with E-state index in [1.54, 1.807) is 17.2 Å². The van der Waals surface area contributed by atoms with Crippen molar-refractivity contribution >= 4 is 23.5 Å². The van der Waals surface area contributed by atoms with E-state index in [0.717, 1.165) is 6.42 Å². The van der Waals surface area contributed by atoms with Crippen molar-refractivity contribution in [2.24, 2.45) is 0 Å². The first-order valence-corrected chi connectivity index (χ1v) is 7.37. The number of halogens is 1. The van der Waals surface area contributed by atoms with Crippen LogP contribution in [0.1, 0.15) is 30.3 Å². The zero-order valence-corrected chi connectivity index (χ0v) is 12.7. The molecule has 0 spiro atoms. The Bertz CT molecular complexity index is 529. The van der Waals surface area contributed by atoms with E-state index in [2.05, 4.69) is 0 Å². The smallest absolute Gasteiger partial charge is 0.305 e. The maximum atomic E-state index is 12.7. The molecule has 0 saturated carbocycles. The van der Waals surface area contributed by atoms with E-state index in [1.807, 2.05) is 11.5 Å². The van der Waals surface area contributed by atoms with Crippen LogP contribution < -0.4 is 0 Å². The number of amides is 1. The number of carboxylic acids is 1. The number of rotatable bonds is 5. The van der Waals surface area contributed by atoms with Crippen molar-refractivity contribution in [1.82, 2.24) is 9.47 Å². The molecule has 0 aliphatic carbocycles. The summed E-state index contributed by atoms with van der Waals surface area (Å²) in [6, 6.07) is 1.19. The Balaban J connectivity index is 2.22. The summed E-state index contributed by atoms with van der Waals surface area (Å²) in [6.07, 6.45) is 2.49. The zero-order valence-electron chi connectivity index (χ0n) is 11.9. The summed E-state index contributed by atoms with van der Waals surface area (Å²) >= 11 is 5.99.